The summed E-state index contributed by atoms with van der Waals surface area (Å²) in [5, 5.41) is 0. The Bertz CT molecular complexity index is 2280. The van der Waals surface area contributed by atoms with Crippen molar-refractivity contribution in [3.8, 4) is 11.1 Å². The van der Waals surface area contributed by atoms with E-state index < -0.39 is 0 Å². The number of anilines is 6. The summed E-state index contributed by atoms with van der Waals surface area (Å²) in [6.07, 6.45) is 5.88. The standard InChI is InChI=1S/C51H46N2/c1-3-50(2)48-24-14-13-23-46(48)47-37-45(33-34-49(47)50)53(42-21-11-6-12-22-42)44-31-27-39(28-32-44)51(35-15-16-36-51)38-25-29-43(30-26-38)52(40-17-7-4-8-18-40)41-19-9-5-10-20-41/h4-14,17-34,37H,3,15-16,35-36H2,1-2H3. The molecule has 0 amide bonds. The Labute approximate surface area is 315 Å². The minimum Gasteiger partial charge on any atom is -0.311 e. The van der Waals surface area contributed by atoms with Crippen molar-refractivity contribution in [2.24, 2.45) is 0 Å². The van der Waals surface area contributed by atoms with Crippen molar-refractivity contribution in [2.75, 3.05) is 9.80 Å². The maximum atomic E-state index is 2.42. The summed E-state index contributed by atoms with van der Waals surface area (Å²) in [6, 6.07) is 67.2. The molecule has 1 atom stereocenters. The van der Waals surface area contributed by atoms with Crippen molar-refractivity contribution in [2.45, 2.75) is 56.8 Å². The molecule has 2 nitrogen and oxygen atoms in total. The third kappa shape index (κ3) is 5.65. The summed E-state index contributed by atoms with van der Waals surface area (Å²) in [5.41, 5.74) is 15.4. The van der Waals surface area contributed by atoms with E-state index in [1.807, 2.05) is 0 Å². The molecule has 0 aromatic heterocycles. The average Bonchev–Trinajstić information content (AvgIpc) is 3.83. The van der Waals surface area contributed by atoms with Crippen LogP contribution in [0.25, 0.3) is 11.1 Å². The molecule has 0 saturated heterocycles. The van der Waals surface area contributed by atoms with Crippen LogP contribution in [0.1, 0.15) is 68.2 Å². The molecule has 7 aromatic rings. The van der Waals surface area contributed by atoms with E-state index >= 15 is 0 Å². The Kier molecular flexibility index (Phi) is 8.47. The molecule has 1 unspecified atom stereocenters. The summed E-state index contributed by atoms with van der Waals surface area (Å²) in [5.74, 6) is 0. The van der Waals surface area contributed by atoms with Crippen LogP contribution in [0.15, 0.2) is 182 Å². The summed E-state index contributed by atoms with van der Waals surface area (Å²) in [6.45, 7) is 4.72. The predicted molar refractivity (Wildman–Crippen MR) is 224 cm³/mol. The van der Waals surface area contributed by atoms with Crippen LogP contribution >= 0.6 is 0 Å². The van der Waals surface area contributed by atoms with Gasteiger partial charge in [0.25, 0.3) is 0 Å². The topological polar surface area (TPSA) is 6.48 Å². The van der Waals surface area contributed by atoms with Crippen LogP contribution in [0.5, 0.6) is 0 Å². The van der Waals surface area contributed by atoms with Gasteiger partial charge >= 0.3 is 0 Å². The van der Waals surface area contributed by atoms with E-state index in [2.05, 4.69) is 206 Å². The van der Waals surface area contributed by atoms with Gasteiger partial charge < -0.3 is 9.80 Å². The van der Waals surface area contributed by atoms with Gasteiger partial charge in [0.2, 0.25) is 0 Å². The molecular weight excluding hydrogens is 641 g/mol. The fraction of sp³-hybridized carbons (Fsp3) is 0.176. The first-order valence-electron chi connectivity index (χ1n) is 19.3. The largest absolute Gasteiger partial charge is 0.311 e. The van der Waals surface area contributed by atoms with E-state index in [1.54, 1.807) is 0 Å². The van der Waals surface area contributed by atoms with Crippen molar-refractivity contribution in [3.05, 3.63) is 204 Å². The lowest BCUT2D eigenvalue weighted by molar-refractivity contribution is 0.535. The van der Waals surface area contributed by atoms with Gasteiger partial charge in [0.15, 0.2) is 0 Å². The summed E-state index contributed by atoms with van der Waals surface area (Å²) >= 11 is 0. The molecule has 1 fully saturated rings. The van der Waals surface area contributed by atoms with Gasteiger partial charge in [-0.3, -0.25) is 0 Å². The number of nitrogens with zero attached hydrogens (tertiary/aromatic N) is 2. The van der Waals surface area contributed by atoms with Crippen molar-refractivity contribution >= 4 is 34.1 Å². The number of hydrogen-bond donors (Lipinski definition) is 0. The van der Waals surface area contributed by atoms with E-state index in [4.69, 9.17) is 0 Å². The molecule has 0 aliphatic heterocycles. The zero-order valence-electron chi connectivity index (χ0n) is 30.8. The van der Waals surface area contributed by atoms with Crippen LogP contribution < -0.4 is 9.80 Å². The lowest BCUT2D eigenvalue weighted by Crippen LogP contribution is -2.24. The van der Waals surface area contributed by atoms with Crippen LogP contribution in [0.2, 0.25) is 0 Å². The normalized spacial score (nSPS) is 16.9. The highest BCUT2D eigenvalue weighted by Gasteiger charge is 2.39. The average molecular weight is 687 g/mol. The van der Waals surface area contributed by atoms with E-state index in [9.17, 15) is 0 Å². The van der Waals surface area contributed by atoms with Crippen LogP contribution in [0, 0.1) is 0 Å². The van der Waals surface area contributed by atoms with Gasteiger partial charge in [-0.25, -0.2) is 0 Å². The molecule has 0 heterocycles. The minimum absolute atomic E-state index is 0.000843. The summed E-state index contributed by atoms with van der Waals surface area (Å²) < 4.78 is 0. The first-order chi connectivity index (χ1) is 26.1. The third-order valence-corrected chi connectivity index (χ3v) is 12.2. The number of para-hydroxylation sites is 3. The van der Waals surface area contributed by atoms with Crippen LogP contribution in [0.4, 0.5) is 34.1 Å². The molecule has 53 heavy (non-hydrogen) atoms. The number of hydrogen-bond acceptors (Lipinski definition) is 2. The van der Waals surface area contributed by atoms with Gasteiger partial charge in [0, 0.05) is 45.0 Å². The number of fused-ring (bicyclic) bond motifs is 3. The molecule has 0 N–H and O–H groups in total. The molecule has 2 aliphatic rings. The highest BCUT2D eigenvalue weighted by atomic mass is 15.1. The fourth-order valence-electron chi connectivity index (χ4n) is 9.31. The second-order valence-corrected chi connectivity index (χ2v) is 15.0. The van der Waals surface area contributed by atoms with Crippen molar-refractivity contribution in [1.29, 1.82) is 0 Å². The quantitative estimate of drug-likeness (QED) is 0.149. The highest BCUT2D eigenvalue weighted by molar-refractivity contribution is 5.86. The molecule has 1 saturated carbocycles. The van der Waals surface area contributed by atoms with Crippen LogP contribution in [-0.2, 0) is 10.8 Å². The molecule has 0 bridgehead atoms. The minimum atomic E-state index is 0.000843. The van der Waals surface area contributed by atoms with Gasteiger partial charge in [-0.05, 0) is 125 Å². The maximum absolute atomic E-state index is 2.42. The summed E-state index contributed by atoms with van der Waals surface area (Å²) in [7, 11) is 0. The SMILES string of the molecule is CCC1(C)c2ccccc2-c2cc(N(c3ccccc3)c3ccc(C4(c5ccc(N(c6ccccc6)c6ccccc6)cc5)CCCC4)cc3)ccc21. The zero-order valence-corrected chi connectivity index (χ0v) is 30.8. The van der Waals surface area contributed by atoms with E-state index in [-0.39, 0.29) is 10.8 Å². The third-order valence-electron chi connectivity index (χ3n) is 12.2. The predicted octanol–water partition coefficient (Wildman–Crippen LogP) is 14.2. The van der Waals surface area contributed by atoms with E-state index in [0.29, 0.717) is 0 Å². The van der Waals surface area contributed by atoms with Crippen molar-refractivity contribution in [3.63, 3.8) is 0 Å². The maximum Gasteiger partial charge on any atom is 0.0468 e. The molecule has 7 aromatic carbocycles. The highest BCUT2D eigenvalue weighted by Crippen LogP contribution is 2.53. The number of benzene rings is 7. The van der Waals surface area contributed by atoms with E-state index in [1.165, 1.54) is 63.3 Å². The Morgan fingerprint density at radius 2 is 0.811 bits per heavy atom. The Morgan fingerprint density at radius 3 is 1.30 bits per heavy atom. The van der Waals surface area contributed by atoms with E-state index in [0.717, 1.165) is 36.3 Å². The second kappa shape index (κ2) is 13.6. The van der Waals surface area contributed by atoms with Crippen molar-refractivity contribution < 1.29 is 0 Å². The monoisotopic (exact) mass is 686 g/mol. The Hall–Kier alpha value is -5.86. The van der Waals surface area contributed by atoms with Gasteiger partial charge in [-0.15, -0.1) is 0 Å². The first-order valence-corrected chi connectivity index (χ1v) is 19.3. The Balaban J connectivity index is 1.08. The zero-order chi connectivity index (χ0) is 35.8. The lowest BCUT2D eigenvalue weighted by atomic mass is 9.73. The van der Waals surface area contributed by atoms with Crippen LogP contribution in [0.3, 0.4) is 0 Å². The Morgan fingerprint density at radius 1 is 0.415 bits per heavy atom. The number of rotatable bonds is 9. The van der Waals surface area contributed by atoms with Gasteiger partial charge in [0.1, 0.15) is 0 Å². The molecule has 2 heteroatoms. The smallest absolute Gasteiger partial charge is 0.0468 e. The first kappa shape index (κ1) is 33.0. The molecule has 0 spiro atoms. The van der Waals surface area contributed by atoms with Gasteiger partial charge in [-0.2, -0.15) is 0 Å². The van der Waals surface area contributed by atoms with Gasteiger partial charge in [0.05, 0.1) is 0 Å². The molecule has 0 radical (unpaired) electrons. The lowest BCUT2D eigenvalue weighted by Gasteiger charge is -2.33. The summed E-state index contributed by atoms with van der Waals surface area (Å²) in [4.78, 5) is 4.77. The molecule has 2 aliphatic carbocycles. The van der Waals surface area contributed by atoms with Crippen molar-refractivity contribution in [1.82, 2.24) is 0 Å². The van der Waals surface area contributed by atoms with Gasteiger partial charge in [-0.1, -0.05) is 136 Å². The van der Waals surface area contributed by atoms with Crippen LogP contribution in [-0.4, -0.2) is 0 Å². The molecule has 9 rings (SSSR count). The molecule has 260 valence electrons. The fourth-order valence-corrected chi connectivity index (χ4v) is 9.31. The molecular formula is C51H46N2. The second-order valence-electron chi connectivity index (χ2n) is 15.0.